The number of benzene rings is 2. The van der Waals surface area contributed by atoms with E-state index < -0.39 is 4.92 Å². The van der Waals surface area contributed by atoms with Gasteiger partial charge in [-0.2, -0.15) is 0 Å². The molecule has 0 amide bonds. The van der Waals surface area contributed by atoms with Gasteiger partial charge < -0.3 is 14.8 Å². The second-order valence-electron chi connectivity index (χ2n) is 6.96. The van der Waals surface area contributed by atoms with Gasteiger partial charge in [-0.15, -0.1) is 0 Å². The van der Waals surface area contributed by atoms with Gasteiger partial charge in [0.15, 0.2) is 5.82 Å². The van der Waals surface area contributed by atoms with Crippen molar-refractivity contribution in [1.82, 2.24) is 14.9 Å². The number of ether oxygens (including phenoxy) is 2. The van der Waals surface area contributed by atoms with Gasteiger partial charge in [0.25, 0.3) is 5.69 Å². The molecule has 2 heterocycles. The molecule has 156 valence electrons. The van der Waals surface area contributed by atoms with Crippen molar-refractivity contribution in [2.75, 3.05) is 51.8 Å². The van der Waals surface area contributed by atoms with Crippen LogP contribution in [0.1, 0.15) is 0 Å². The highest BCUT2D eigenvalue weighted by molar-refractivity contribution is 5.92. The minimum Gasteiger partial charge on any atom is -0.497 e. The van der Waals surface area contributed by atoms with Crippen molar-refractivity contribution in [2.24, 2.45) is 0 Å². The third kappa shape index (κ3) is 4.47. The number of nitro benzene ring substituents is 1. The number of nitro groups is 1. The minimum absolute atomic E-state index is 0.0135. The second kappa shape index (κ2) is 9.02. The first-order chi connectivity index (χ1) is 14.6. The zero-order valence-corrected chi connectivity index (χ0v) is 16.7. The highest BCUT2D eigenvalue weighted by Gasteiger charge is 2.15. The fraction of sp³-hybridized carbons (Fsp3) is 0.333. The van der Waals surface area contributed by atoms with E-state index in [4.69, 9.17) is 9.47 Å². The molecule has 9 heteroatoms. The molecule has 0 aliphatic carbocycles. The lowest BCUT2D eigenvalue weighted by molar-refractivity contribution is -0.384. The maximum atomic E-state index is 11.2. The molecule has 0 radical (unpaired) electrons. The van der Waals surface area contributed by atoms with Crippen molar-refractivity contribution >= 4 is 22.4 Å². The second-order valence-corrected chi connectivity index (χ2v) is 6.96. The maximum absolute atomic E-state index is 11.2. The summed E-state index contributed by atoms with van der Waals surface area (Å²) in [5, 5.41) is 15.2. The first-order valence-electron chi connectivity index (χ1n) is 9.78. The van der Waals surface area contributed by atoms with E-state index in [2.05, 4.69) is 20.2 Å². The number of morpholine rings is 1. The average Bonchev–Trinajstić information content (AvgIpc) is 2.79. The van der Waals surface area contributed by atoms with E-state index in [1.807, 2.05) is 24.3 Å². The van der Waals surface area contributed by atoms with Crippen molar-refractivity contribution in [3.8, 4) is 17.1 Å². The third-order valence-corrected chi connectivity index (χ3v) is 5.06. The van der Waals surface area contributed by atoms with Gasteiger partial charge in [0.05, 0.1) is 30.8 Å². The summed E-state index contributed by atoms with van der Waals surface area (Å²) in [5.74, 6) is 1.88. The van der Waals surface area contributed by atoms with E-state index in [1.54, 1.807) is 13.2 Å². The van der Waals surface area contributed by atoms with Crippen molar-refractivity contribution < 1.29 is 14.4 Å². The number of nitrogens with one attached hydrogen (secondary N) is 1. The molecule has 9 nitrogen and oxygen atoms in total. The Labute approximate surface area is 173 Å². The first-order valence-corrected chi connectivity index (χ1v) is 9.78. The first kappa shape index (κ1) is 20.0. The Hall–Kier alpha value is -3.30. The molecule has 30 heavy (non-hydrogen) atoms. The van der Waals surface area contributed by atoms with Crippen LogP contribution in [0.5, 0.6) is 5.75 Å². The third-order valence-electron chi connectivity index (χ3n) is 5.06. The molecule has 1 saturated heterocycles. The van der Waals surface area contributed by atoms with Crippen molar-refractivity contribution in [1.29, 1.82) is 0 Å². The zero-order valence-electron chi connectivity index (χ0n) is 16.7. The van der Waals surface area contributed by atoms with E-state index in [1.165, 1.54) is 12.1 Å². The summed E-state index contributed by atoms with van der Waals surface area (Å²) in [6.07, 6.45) is 0. The van der Waals surface area contributed by atoms with Gasteiger partial charge in [-0.05, 0) is 30.3 Å². The van der Waals surface area contributed by atoms with E-state index in [-0.39, 0.29) is 5.69 Å². The van der Waals surface area contributed by atoms with Gasteiger partial charge in [-0.3, -0.25) is 15.0 Å². The van der Waals surface area contributed by atoms with Crippen LogP contribution in [0.15, 0.2) is 42.5 Å². The Bertz CT molecular complexity index is 1040. The lowest BCUT2D eigenvalue weighted by atomic mass is 10.1. The summed E-state index contributed by atoms with van der Waals surface area (Å²) >= 11 is 0. The molecule has 1 aromatic heterocycles. The normalized spacial score (nSPS) is 14.6. The SMILES string of the molecule is COc1ccc(-c2nc(NCCN3CCOCC3)c3cc([N+](=O)[O-])ccc3n2)cc1. The van der Waals surface area contributed by atoms with Gasteiger partial charge in [0.2, 0.25) is 0 Å². The van der Waals surface area contributed by atoms with Crippen LogP contribution in [0, 0.1) is 10.1 Å². The van der Waals surface area contributed by atoms with Crippen LogP contribution in [0.4, 0.5) is 11.5 Å². The Morgan fingerprint density at radius 2 is 1.93 bits per heavy atom. The van der Waals surface area contributed by atoms with E-state index >= 15 is 0 Å². The smallest absolute Gasteiger partial charge is 0.270 e. The number of aromatic nitrogens is 2. The predicted molar refractivity (Wildman–Crippen MR) is 114 cm³/mol. The molecular formula is C21H23N5O4. The van der Waals surface area contributed by atoms with Crippen LogP contribution in [0.2, 0.25) is 0 Å². The molecular weight excluding hydrogens is 386 g/mol. The topological polar surface area (TPSA) is 103 Å². The summed E-state index contributed by atoms with van der Waals surface area (Å²) in [7, 11) is 1.62. The predicted octanol–water partition coefficient (Wildman–Crippen LogP) is 2.96. The standard InChI is InChI=1S/C21H23N5O4/c1-29-17-5-2-15(3-6-17)20-23-19-7-4-16(26(27)28)14-18(19)21(24-20)22-8-9-25-10-12-30-13-11-25/h2-7,14H,8-13H2,1H3,(H,22,23,24). The zero-order chi connectivity index (χ0) is 20.9. The summed E-state index contributed by atoms with van der Waals surface area (Å²) in [4.78, 5) is 22.4. The number of rotatable bonds is 7. The number of hydrogen-bond acceptors (Lipinski definition) is 8. The van der Waals surface area contributed by atoms with Crippen LogP contribution in [0.3, 0.4) is 0 Å². The summed E-state index contributed by atoms with van der Waals surface area (Å²) in [6.45, 7) is 4.77. The molecule has 0 atom stereocenters. The summed E-state index contributed by atoms with van der Waals surface area (Å²) in [5.41, 5.74) is 1.50. The largest absolute Gasteiger partial charge is 0.497 e. The van der Waals surface area contributed by atoms with Gasteiger partial charge in [0, 0.05) is 49.3 Å². The monoisotopic (exact) mass is 409 g/mol. The van der Waals surface area contributed by atoms with Crippen molar-refractivity contribution in [3.05, 3.63) is 52.6 Å². The molecule has 1 aliphatic heterocycles. The highest BCUT2D eigenvalue weighted by Crippen LogP contribution is 2.28. The van der Waals surface area contributed by atoms with E-state index in [0.717, 1.165) is 44.2 Å². The summed E-state index contributed by atoms with van der Waals surface area (Å²) in [6, 6.07) is 12.1. The number of methoxy groups -OCH3 is 1. The van der Waals surface area contributed by atoms with Crippen LogP contribution < -0.4 is 10.1 Å². The lowest BCUT2D eigenvalue weighted by Gasteiger charge is -2.26. The van der Waals surface area contributed by atoms with Gasteiger partial charge in [-0.1, -0.05) is 0 Å². The summed E-state index contributed by atoms with van der Waals surface area (Å²) < 4.78 is 10.6. The Morgan fingerprint density at radius 1 is 1.17 bits per heavy atom. The van der Waals surface area contributed by atoms with Gasteiger partial charge in [-0.25, -0.2) is 9.97 Å². The van der Waals surface area contributed by atoms with Crippen LogP contribution in [-0.4, -0.2) is 66.3 Å². The number of fused-ring (bicyclic) bond motifs is 1. The van der Waals surface area contributed by atoms with Gasteiger partial charge >= 0.3 is 0 Å². The molecule has 0 unspecified atom stereocenters. The quantitative estimate of drug-likeness (QED) is 0.469. The average molecular weight is 409 g/mol. The molecule has 1 N–H and O–H groups in total. The molecule has 0 bridgehead atoms. The van der Waals surface area contributed by atoms with Crippen LogP contribution in [0.25, 0.3) is 22.3 Å². The molecule has 4 rings (SSSR count). The van der Waals surface area contributed by atoms with Crippen molar-refractivity contribution in [2.45, 2.75) is 0 Å². The molecule has 3 aromatic rings. The van der Waals surface area contributed by atoms with Gasteiger partial charge in [0.1, 0.15) is 11.6 Å². The lowest BCUT2D eigenvalue weighted by Crippen LogP contribution is -2.39. The molecule has 1 fully saturated rings. The van der Waals surface area contributed by atoms with Crippen LogP contribution in [-0.2, 0) is 4.74 Å². The highest BCUT2D eigenvalue weighted by atomic mass is 16.6. The number of anilines is 1. The molecule has 0 spiro atoms. The Kier molecular flexibility index (Phi) is 6.01. The molecule has 0 saturated carbocycles. The fourth-order valence-electron chi connectivity index (χ4n) is 3.39. The number of nitrogens with zero attached hydrogens (tertiary/aromatic N) is 4. The Balaban J connectivity index is 1.65. The van der Waals surface area contributed by atoms with Crippen LogP contribution >= 0.6 is 0 Å². The number of hydrogen-bond donors (Lipinski definition) is 1. The number of non-ortho nitro benzene ring substituents is 1. The van der Waals surface area contributed by atoms with E-state index in [9.17, 15) is 10.1 Å². The molecule has 2 aromatic carbocycles. The Morgan fingerprint density at radius 3 is 2.63 bits per heavy atom. The fourth-order valence-corrected chi connectivity index (χ4v) is 3.39. The molecule has 1 aliphatic rings. The van der Waals surface area contributed by atoms with Crippen molar-refractivity contribution in [3.63, 3.8) is 0 Å². The van der Waals surface area contributed by atoms with E-state index in [0.29, 0.717) is 29.1 Å². The minimum atomic E-state index is -0.408. The maximum Gasteiger partial charge on any atom is 0.270 e.